The molecule has 0 saturated carbocycles. The number of guanidine groups is 2. The molecule has 0 saturated heterocycles. The average molecular weight is 245 g/mol. The van der Waals surface area contributed by atoms with E-state index in [0.29, 0.717) is 5.96 Å². The second kappa shape index (κ2) is 4.33. The number of hydrogen-bond acceptors (Lipinski definition) is 5. The zero-order valence-corrected chi connectivity index (χ0v) is 11.0. The molecule has 0 radical (unpaired) electrons. The van der Waals surface area contributed by atoms with E-state index in [4.69, 9.17) is 11.5 Å². The zero-order valence-electron chi connectivity index (χ0n) is 11.0. The summed E-state index contributed by atoms with van der Waals surface area (Å²) < 4.78 is 0. The molecule has 0 amide bonds. The summed E-state index contributed by atoms with van der Waals surface area (Å²) in [4.78, 5) is 10.3. The number of benzene rings is 1. The molecule has 0 spiro atoms. The van der Waals surface area contributed by atoms with Gasteiger partial charge in [-0.1, -0.05) is 25.1 Å². The lowest BCUT2D eigenvalue weighted by Gasteiger charge is -2.39. The SMILES string of the molecule is CCc1ccccc1N1C(N)=NC(N)=NC1(C)C. The van der Waals surface area contributed by atoms with Gasteiger partial charge in [-0.3, -0.25) is 4.90 Å². The van der Waals surface area contributed by atoms with Crippen LogP contribution in [-0.4, -0.2) is 17.6 Å². The minimum absolute atomic E-state index is 0.225. The summed E-state index contributed by atoms with van der Waals surface area (Å²) in [5, 5.41) is 0. The number of anilines is 1. The molecule has 2 rings (SSSR count). The van der Waals surface area contributed by atoms with Gasteiger partial charge in [-0.05, 0) is 31.9 Å². The van der Waals surface area contributed by atoms with Crippen molar-refractivity contribution >= 4 is 17.6 Å². The van der Waals surface area contributed by atoms with E-state index < -0.39 is 5.66 Å². The number of nitrogens with zero attached hydrogens (tertiary/aromatic N) is 3. The van der Waals surface area contributed by atoms with Gasteiger partial charge in [-0.2, -0.15) is 4.99 Å². The molecular formula is C13H19N5. The summed E-state index contributed by atoms with van der Waals surface area (Å²) >= 11 is 0. The van der Waals surface area contributed by atoms with Crippen LogP contribution < -0.4 is 16.4 Å². The summed E-state index contributed by atoms with van der Waals surface area (Å²) in [6, 6.07) is 8.12. The quantitative estimate of drug-likeness (QED) is 0.827. The van der Waals surface area contributed by atoms with Gasteiger partial charge in [0, 0.05) is 5.69 Å². The highest BCUT2D eigenvalue weighted by Crippen LogP contribution is 2.30. The Bertz CT molecular complexity index is 516. The summed E-state index contributed by atoms with van der Waals surface area (Å²) in [7, 11) is 0. The second-order valence-electron chi connectivity index (χ2n) is 4.75. The largest absolute Gasteiger partial charge is 0.369 e. The van der Waals surface area contributed by atoms with Gasteiger partial charge in [-0.25, -0.2) is 4.99 Å². The van der Waals surface area contributed by atoms with Crippen LogP contribution in [0.4, 0.5) is 5.69 Å². The number of nitrogens with two attached hydrogens (primary N) is 2. The lowest BCUT2D eigenvalue weighted by molar-refractivity contribution is 0.532. The molecule has 0 atom stereocenters. The maximum atomic E-state index is 6.02. The highest BCUT2D eigenvalue weighted by Gasteiger charge is 2.33. The van der Waals surface area contributed by atoms with Crippen LogP contribution in [0.3, 0.4) is 0 Å². The first-order chi connectivity index (χ1) is 8.45. The van der Waals surface area contributed by atoms with E-state index >= 15 is 0 Å². The first kappa shape index (κ1) is 12.4. The van der Waals surface area contributed by atoms with Crippen molar-refractivity contribution in [1.82, 2.24) is 0 Å². The van der Waals surface area contributed by atoms with Gasteiger partial charge in [0.15, 0.2) is 0 Å². The minimum atomic E-state index is -0.527. The lowest BCUT2D eigenvalue weighted by atomic mass is 10.1. The Morgan fingerprint density at radius 3 is 2.50 bits per heavy atom. The third kappa shape index (κ3) is 2.03. The van der Waals surface area contributed by atoms with Crippen molar-refractivity contribution in [3.8, 4) is 0 Å². The Labute approximate surface area is 107 Å². The summed E-state index contributed by atoms with van der Waals surface area (Å²) in [5.74, 6) is 0.608. The molecule has 1 aromatic carbocycles. The van der Waals surface area contributed by atoms with Crippen molar-refractivity contribution in [2.45, 2.75) is 32.9 Å². The van der Waals surface area contributed by atoms with Gasteiger partial charge in [0.1, 0.15) is 5.66 Å². The van der Waals surface area contributed by atoms with Crippen LogP contribution in [0.1, 0.15) is 26.3 Å². The van der Waals surface area contributed by atoms with Crippen LogP contribution in [0, 0.1) is 0 Å². The molecule has 1 aliphatic heterocycles. The molecule has 0 fully saturated rings. The van der Waals surface area contributed by atoms with Crippen LogP contribution in [-0.2, 0) is 6.42 Å². The number of para-hydroxylation sites is 1. The third-order valence-electron chi connectivity index (χ3n) is 3.01. The standard InChI is InChI=1S/C13H19N5/c1-4-9-7-5-6-8-10(9)18-12(15)16-11(14)17-13(18,2)3/h5-8H,4H2,1-3H3,(H4,14,15,16,17). The first-order valence-electron chi connectivity index (χ1n) is 6.03. The van der Waals surface area contributed by atoms with Gasteiger partial charge in [0.2, 0.25) is 11.9 Å². The Morgan fingerprint density at radius 2 is 1.89 bits per heavy atom. The lowest BCUT2D eigenvalue weighted by Crippen LogP contribution is -2.54. The fourth-order valence-corrected chi connectivity index (χ4v) is 2.25. The summed E-state index contributed by atoms with van der Waals surface area (Å²) in [6.07, 6.45) is 0.926. The molecule has 1 heterocycles. The Kier molecular flexibility index (Phi) is 2.98. The van der Waals surface area contributed by atoms with E-state index in [0.717, 1.165) is 12.1 Å². The fourth-order valence-electron chi connectivity index (χ4n) is 2.25. The maximum Gasteiger partial charge on any atom is 0.220 e. The van der Waals surface area contributed by atoms with Crippen molar-refractivity contribution in [1.29, 1.82) is 0 Å². The van der Waals surface area contributed by atoms with E-state index in [1.807, 2.05) is 36.9 Å². The van der Waals surface area contributed by atoms with Gasteiger partial charge in [0.25, 0.3) is 0 Å². The van der Waals surface area contributed by atoms with E-state index in [1.54, 1.807) is 0 Å². The zero-order chi connectivity index (χ0) is 13.3. The van der Waals surface area contributed by atoms with E-state index in [9.17, 15) is 0 Å². The van der Waals surface area contributed by atoms with Crippen LogP contribution in [0.5, 0.6) is 0 Å². The number of rotatable bonds is 2. The summed E-state index contributed by atoms with van der Waals surface area (Å²) in [6.45, 7) is 6.04. The predicted octanol–water partition coefficient (Wildman–Crippen LogP) is 1.43. The van der Waals surface area contributed by atoms with Crippen LogP contribution >= 0.6 is 0 Å². The van der Waals surface area contributed by atoms with Crippen LogP contribution in [0.25, 0.3) is 0 Å². The molecular weight excluding hydrogens is 226 g/mol. The average Bonchev–Trinajstić information content (AvgIpc) is 2.27. The van der Waals surface area contributed by atoms with E-state index in [2.05, 4.69) is 23.0 Å². The topological polar surface area (TPSA) is 80.0 Å². The Morgan fingerprint density at radius 1 is 1.22 bits per heavy atom. The van der Waals surface area contributed by atoms with Gasteiger partial charge in [0.05, 0.1) is 0 Å². The molecule has 0 bridgehead atoms. The second-order valence-corrected chi connectivity index (χ2v) is 4.75. The first-order valence-corrected chi connectivity index (χ1v) is 6.03. The highest BCUT2D eigenvalue weighted by atomic mass is 15.4. The molecule has 0 aromatic heterocycles. The van der Waals surface area contributed by atoms with Gasteiger partial charge >= 0.3 is 0 Å². The molecule has 5 nitrogen and oxygen atoms in total. The molecule has 1 aromatic rings. The van der Waals surface area contributed by atoms with Crippen molar-refractivity contribution in [3.63, 3.8) is 0 Å². The van der Waals surface area contributed by atoms with Crippen molar-refractivity contribution in [3.05, 3.63) is 29.8 Å². The molecule has 0 unspecified atom stereocenters. The summed E-state index contributed by atoms with van der Waals surface area (Å²) in [5.41, 5.74) is 13.4. The number of aryl methyl sites for hydroxylation is 1. The molecule has 5 heteroatoms. The van der Waals surface area contributed by atoms with E-state index in [1.165, 1.54) is 5.56 Å². The number of aliphatic imine (C=N–C) groups is 2. The molecule has 0 aliphatic carbocycles. The van der Waals surface area contributed by atoms with Gasteiger partial charge in [-0.15, -0.1) is 0 Å². The fraction of sp³-hybridized carbons (Fsp3) is 0.385. The Balaban J connectivity index is 2.53. The van der Waals surface area contributed by atoms with Crippen molar-refractivity contribution in [2.75, 3.05) is 4.90 Å². The van der Waals surface area contributed by atoms with Crippen LogP contribution in [0.15, 0.2) is 34.3 Å². The van der Waals surface area contributed by atoms with Crippen LogP contribution in [0.2, 0.25) is 0 Å². The minimum Gasteiger partial charge on any atom is -0.369 e. The molecule has 18 heavy (non-hydrogen) atoms. The predicted molar refractivity (Wildman–Crippen MR) is 75.6 cm³/mol. The highest BCUT2D eigenvalue weighted by molar-refractivity contribution is 6.05. The molecule has 96 valence electrons. The van der Waals surface area contributed by atoms with Crippen molar-refractivity contribution < 1.29 is 0 Å². The molecule has 1 aliphatic rings. The Hall–Kier alpha value is -2.04. The van der Waals surface area contributed by atoms with Gasteiger partial charge < -0.3 is 11.5 Å². The number of hydrogen-bond donors (Lipinski definition) is 2. The normalized spacial score (nSPS) is 18.3. The van der Waals surface area contributed by atoms with Crippen molar-refractivity contribution in [2.24, 2.45) is 21.5 Å². The van der Waals surface area contributed by atoms with E-state index in [-0.39, 0.29) is 5.96 Å². The monoisotopic (exact) mass is 245 g/mol. The smallest absolute Gasteiger partial charge is 0.220 e. The maximum absolute atomic E-state index is 6.02. The third-order valence-corrected chi connectivity index (χ3v) is 3.01. The molecule has 4 N–H and O–H groups in total.